The minimum atomic E-state index is 0. The fourth-order valence-electron chi connectivity index (χ4n) is 4.85. The lowest BCUT2D eigenvalue weighted by Gasteiger charge is -2.39. The maximum absolute atomic E-state index is 2.38. The minimum Gasteiger partial charge on any atom is -1.00 e. The van der Waals surface area contributed by atoms with Gasteiger partial charge in [-0.05, 0) is 44.9 Å². The fraction of sp³-hybridized carbons (Fsp3) is 1.00. The van der Waals surface area contributed by atoms with Crippen molar-refractivity contribution in [1.82, 2.24) is 0 Å². The third kappa shape index (κ3) is 20.3. The summed E-state index contributed by atoms with van der Waals surface area (Å²) in [6.07, 6.45) is 28.8. The molecule has 0 aliphatic heterocycles. The molecule has 0 saturated carbocycles. The Morgan fingerprint density at radius 2 is 0.533 bits per heavy atom. The molecule has 30 heavy (non-hydrogen) atoms. The molecule has 0 rings (SSSR count). The Balaban J connectivity index is 0. The highest BCUT2D eigenvalue weighted by atomic mass is 79.9. The summed E-state index contributed by atoms with van der Waals surface area (Å²) in [5.74, 6) is 0. The molecule has 0 N–H and O–H groups in total. The van der Waals surface area contributed by atoms with E-state index in [0.717, 1.165) is 0 Å². The monoisotopic (exact) mass is 489 g/mol. The van der Waals surface area contributed by atoms with Gasteiger partial charge in [0.15, 0.2) is 0 Å². The zero-order valence-electron chi connectivity index (χ0n) is 21.8. The van der Waals surface area contributed by atoms with Crippen LogP contribution in [0, 0.1) is 0 Å². The van der Waals surface area contributed by atoms with Crippen molar-refractivity contribution in [2.75, 3.05) is 26.2 Å². The highest BCUT2D eigenvalue weighted by molar-refractivity contribution is 4.54. The molecule has 0 atom stereocenters. The van der Waals surface area contributed by atoms with E-state index in [1.807, 2.05) is 0 Å². The largest absolute Gasteiger partial charge is 1.00 e. The summed E-state index contributed by atoms with van der Waals surface area (Å²) in [4.78, 5) is 0. The van der Waals surface area contributed by atoms with Crippen molar-refractivity contribution in [2.45, 2.75) is 156 Å². The van der Waals surface area contributed by atoms with Gasteiger partial charge in [0.2, 0.25) is 0 Å². The van der Waals surface area contributed by atoms with Crippen molar-refractivity contribution < 1.29 is 21.5 Å². The summed E-state index contributed by atoms with van der Waals surface area (Å²) in [7, 11) is 0. The third-order valence-corrected chi connectivity index (χ3v) is 6.94. The average molecular weight is 491 g/mol. The Kier molecular flexibility index (Phi) is 27.9. The first-order chi connectivity index (χ1) is 14.2. The van der Waals surface area contributed by atoms with Gasteiger partial charge in [-0.25, -0.2) is 0 Å². The predicted octanol–water partition coefficient (Wildman–Crippen LogP) is 6.69. The second-order valence-corrected chi connectivity index (χ2v) is 9.89. The van der Waals surface area contributed by atoms with Crippen LogP contribution in [0.5, 0.6) is 0 Å². The lowest BCUT2D eigenvalue weighted by Crippen LogP contribution is -3.00. The molecule has 0 radical (unpaired) electrons. The molecule has 0 fully saturated rings. The number of unbranched alkanes of at least 4 members (excludes halogenated alkanes) is 16. The van der Waals surface area contributed by atoms with E-state index in [1.54, 1.807) is 0 Å². The number of quaternary nitrogens is 1. The fourth-order valence-corrected chi connectivity index (χ4v) is 4.85. The summed E-state index contributed by atoms with van der Waals surface area (Å²) >= 11 is 0. The number of hydrogen-bond donors (Lipinski definition) is 0. The van der Waals surface area contributed by atoms with E-state index < -0.39 is 0 Å². The van der Waals surface area contributed by atoms with Crippen molar-refractivity contribution in [3.63, 3.8) is 0 Å². The molecule has 1 nitrogen and oxygen atoms in total. The summed E-state index contributed by atoms with van der Waals surface area (Å²) < 4.78 is 1.46. The Hall–Kier alpha value is 0.440. The zero-order valence-corrected chi connectivity index (χ0v) is 23.4. The van der Waals surface area contributed by atoms with Gasteiger partial charge in [0.25, 0.3) is 0 Å². The van der Waals surface area contributed by atoms with Gasteiger partial charge < -0.3 is 21.5 Å². The normalized spacial score (nSPS) is 11.6. The van der Waals surface area contributed by atoms with Gasteiger partial charge in [-0.15, -0.1) is 0 Å². The van der Waals surface area contributed by atoms with Crippen molar-refractivity contribution >= 4 is 0 Å². The molecule has 0 aromatic rings. The number of nitrogens with zero attached hydrogens (tertiary/aromatic N) is 1. The lowest BCUT2D eigenvalue weighted by atomic mass is 10.1. The van der Waals surface area contributed by atoms with Crippen LogP contribution in [0.15, 0.2) is 0 Å². The first-order valence-electron chi connectivity index (χ1n) is 14.1. The topological polar surface area (TPSA) is 0 Å². The Morgan fingerprint density at radius 3 is 0.833 bits per heavy atom. The maximum atomic E-state index is 2.38. The number of hydrogen-bond acceptors (Lipinski definition) is 0. The first-order valence-corrected chi connectivity index (χ1v) is 14.1. The van der Waals surface area contributed by atoms with Gasteiger partial charge >= 0.3 is 0 Å². The first kappa shape index (κ1) is 32.6. The summed E-state index contributed by atoms with van der Waals surface area (Å²) in [6.45, 7) is 15.2. The second kappa shape index (κ2) is 25.7. The molecule has 0 unspecified atom stereocenters. The van der Waals surface area contributed by atoms with Gasteiger partial charge in [0, 0.05) is 0 Å². The van der Waals surface area contributed by atoms with Crippen LogP contribution in [0.2, 0.25) is 0 Å². The molecule has 0 saturated heterocycles. The SMILES string of the molecule is CCCCCCCC[N+](CCCC)(CCCCCCCC)CCCCCCCC.[Br-]. The van der Waals surface area contributed by atoms with Crippen LogP contribution in [0.1, 0.15) is 156 Å². The Morgan fingerprint density at radius 1 is 0.300 bits per heavy atom. The van der Waals surface area contributed by atoms with E-state index in [0.29, 0.717) is 0 Å². The Bertz CT molecular complexity index is 264. The van der Waals surface area contributed by atoms with Gasteiger partial charge in [0.05, 0.1) is 26.2 Å². The van der Waals surface area contributed by atoms with Crippen LogP contribution in [0.25, 0.3) is 0 Å². The molecule has 0 heterocycles. The van der Waals surface area contributed by atoms with Crippen LogP contribution in [-0.4, -0.2) is 30.7 Å². The molecule has 0 aliphatic rings. The standard InChI is InChI=1S/C28H60N.BrH/c1-5-9-13-16-19-22-26-29(25-12-8-4,27-23-20-17-14-10-6-2)28-24-21-18-15-11-7-3;/h5-28H2,1-4H3;1H/q+1;/p-1. The van der Waals surface area contributed by atoms with Gasteiger partial charge in [-0.1, -0.05) is 111 Å². The number of halogens is 1. The third-order valence-electron chi connectivity index (χ3n) is 6.94. The van der Waals surface area contributed by atoms with Crippen LogP contribution in [-0.2, 0) is 0 Å². The van der Waals surface area contributed by atoms with Crippen LogP contribution >= 0.6 is 0 Å². The molecular formula is C28H60BrN. The molecule has 0 amide bonds. The molecule has 0 spiro atoms. The van der Waals surface area contributed by atoms with E-state index in [4.69, 9.17) is 0 Å². The lowest BCUT2D eigenvalue weighted by molar-refractivity contribution is -0.929. The Labute approximate surface area is 203 Å². The summed E-state index contributed by atoms with van der Waals surface area (Å²) in [5.41, 5.74) is 0. The van der Waals surface area contributed by atoms with Crippen molar-refractivity contribution in [2.24, 2.45) is 0 Å². The molecule has 0 bridgehead atoms. The van der Waals surface area contributed by atoms with Gasteiger partial charge in [-0.3, -0.25) is 0 Å². The maximum Gasteiger partial charge on any atom is 0.0786 e. The molecule has 2 heteroatoms. The van der Waals surface area contributed by atoms with E-state index in [-0.39, 0.29) is 17.0 Å². The minimum absolute atomic E-state index is 0. The summed E-state index contributed by atoms with van der Waals surface area (Å²) in [6, 6.07) is 0. The molecular weight excluding hydrogens is 430 g/mol. The van der Waals surface area contributed by atoms with Gasteiger partial charge in [0.1, 0.15) is 0 Å². The van der Waals surface area contributed by atoms with Crippen molar-refractivity contribution in [3.8, 4) is 0 Å². The molecule has 0 aliphatic carbocycles. The number of rotatable bonds is 24. The van der Waals surface area contributed by atoms with E-state index in [1.165, 1.54) is 159 Å². The van der Waals surface area contributed by atoms with E-state index in [9.17, 15) is 0 Å². The van der Waals surface area contributed by atoms with E-state index >= 15 is 0 Å². The van der Waals surface area contributed by atoms with Crippen LogP contribution in [0.4, 0.5) is 0 Å². The smallest absolute Gasteiger partial charge is 0.0786 e. The predicted molar refractivity (Wildman–Crippen MR) is 135 cm³/mol. The summed E-state index contributed by atoms with van der Waals surface area (Å²) in [5, 5.41) is 0. The molecule has 0 aromatic carbocycles. The van der Waals surface area contributed by atoms with Crippen molar-refractivity contribution in [3.05, 3.63) is 0 Å². The van der Waals surface area contributed by atoms with Crippen LogP contribution < -0.4 is 17.0 Å². The van der Waals surface area contributed by atoms with Crippen LogP contribution in [0.3, 0.4) is 0 Å². The quantitative estimate of drug-likeness (QED) is 0.104. The van der Waals surface area contributed by atoms with Gasteiger partial charge in [-0.2, -0.15) is 0 Å². The molecule has 184 valence electrons. The highest BCUT2D eigenvalue weighted by Crippen LogP contribution is 2.19. The molecule has 0 aromatic heterocycles. The zero-order chi connectivity index (χ0) is 21.5. The average Bonchev–Trinajstić information content (AvgIpc) is 2.74. The highest BCUT2D eigenvalue weighted by Gasteiger charge is 2.25. The van der Waals surface area contributed by atoms with E-state index in [2.05, 4.69) is 27.7 Å². The van der Waals surface area contributed by atoms with Crippen molar-refractivity contribution in [1.29, 1.82) is 0 Å². The second-order valence-electron chi connectivity index (χ2n) is 9.89.